The Bertz CT molecular complexity index is 2330. The highest BCUT2D eigenvalue weighted by molar-refractivity contribution is 6.09. The number of nitrogens with zero attached hydrogens (tertiary/aromatic N) is 4. The molecule has 0 spiro atoms. The number of para-hydroxylation sites is 1. The average molecular weight is 661 g/mol. The molecule has 50 heavy (non-hydrogen) atoms. The molecule has 0 saturated carbocycles. The third kappa shape index (κ3) is 6.22. The maximum Gasteiger partial charge on any atom is 0.137 e. The summed E-state index contributed by atoms with van der Waals surface area (Å²) in [5.74, 6) is 2.40. The maximum absolute atomic E-state index is 6.55. The number of rotatable bonds is 5. The Morgan fingerprint density at radius 3 is 1.98 bits per heavy atom. The second kappa shape index (κ2) is 12.0. The number of aryl methyl sites for hydroxylation is 1. The van der Waals surface area contributed by atoms with E-state index in [1.54, 1.807) is 0 Å². The molecule has 0 unspecified atom stereocenters. The van der Waals surface area contributed by atoms with Gasteiger partial charge in [0.2, 0.25) is 0 Å². The zero-order chi connectivity index (χ0) is 35.6. The van der Waals surface area contributed by atoms with Crippen molar-refractivity contribution in [3.05, 3.63) is 132 Å². The summed E-state index contributed by atoms with van der Waals surface area (Å²) in [4.78, 5) is 4.73. The van der Waals surface area contributed by atoms with E-state index >= 15 is 0 Å². The summed E-state index contributed by atoms with van der Waals surface area (Å²) in [6, 6.07) is 31.9. The molecule has 0 fully saturated rings. The minimum absolute atomic E-state index is 0.0434. The number of ether oxygens (including phenoxy) is 1. The first kappa shape index (κ1) is 33.3. The van der Waals surface area contributed by atoms with Crippen molar-refractivity contribution in [2.45, 2.75) is 85.5 Å². The molecule has 4 aromatic carbocycles. The molecule has 3 aromatic heterocycles. The number of hydrogen-bond acceptors (Lipinski definition) is 3. The first-order chi connectivity index (χ1) is 23.6. The first-order valence-corrected chi connectivity index (χ1v) is 17.6. The highest BCUT2D eigenvalue weighted by Gasteiger charge is 2.30. The predicted molar refractivity (Wildman–Crippen MR) is 208 cm³/mol. The Morgan fingerprint density at radius 1 is 0.620 bits per heavy atom. The van der Waals surface area contributed by atoms with Crippen molar-refractivity contribution in [2.24, 2.45) is 0 Å². The van der Waals surface area contributed by atoms with Gasteiger partial charge in [0.05, 0.1) is 22.9 Å². The van der Waals surface area contributed by atoms with Crippen molar-refractivity contribution in [3.8, 4) is 34.1 Å². The summed E-state index contributed by atoms with van der Waals surface area (Å²) in [5, 5.41) is 7.24. The fourth-order valence-electron chi connectivity index (χ4n) is 6.89. The number of aromatic nitrogens is 4. The van der Waals surface area contributed by atoms with Gasteiger partial charge in [0.15, 0.2) is 0 Å². The normalized spacial score (nSPS) is 12.6. The van der Waals surface area contributed by atoms with E-state index in [-0.39, 0.29) is 16.2 Å². The SMILES string of the molecule is Cc1ccnc(-n2c3ccccc3c3ccc(Oc4cccc(-n5cc(-c6c(C(C)(C)C)cc(C(C)(C)C)cc6C(C)(C)C)cn5)c4)cc32)c1. The van der Waals surface area contributed by atoms with Crippen LogP contribution in [-0.2, 0) is 16.2 Å². The summed E-state index contributed by atoms with van der Waals surface area (Å²) in [7, 11) is 0. The number of hydrogen-bond donors (Lipinski definition) is 0. The Hall–Kier alpha value is -5.16. The fraction of sp³-hybridized carbons (Fsp3) is 0.289. The molecule has 0 amide bonds. The van der Waals surface area contributed by atoms with Crippen LogP contribution in [0, 0.1) is 6.92 Å². The maximum atomic E-state index is 6.55. The van der Waals surface area contributed by atoms with Gasteiger partial charge in [0.25, 0.3) is 0 Å². The van der Waals surface area contributed by atoms with E-state index in [1.807, 2.05) is 41.3 Å². The highest BCUT2D eigenvalue weighted by Crippen LogP contribution is 2.43. The largest absolute Gasteiger partial charge is 0.457 e. The molecule has 0 radical (unpaired) electrons. The zero-order valence-corrected chi connectivity index (χ0v) is 31.1. The van der Waals surface area contributed by atoms with Crippen molar-refractivity contribution < 1.29 is 4.74 Å². The molecule has 254 valence electrons. The number of pyridine rings is 1. The lowest BCUT2D eigenvalue weighted by Crippen LogP contribution is -2.22. The Morgan fingerprint density at radius 2 is 1.30 bits per heavy atom. The molecule has 0 atom stereocenters. The highest BCUT2D eigenvalue weighted by atomic mass is 16.5. The summed E-state index contributed by atoms with van der Waals surface area (Å²) in [5.41, 5.74) is 10.7. The van der Waals surface area contributed by atoms with Gasteiger partial charge in [-0.05, 0) is 93.5 Å². The second-order valence-corrected chi connectivity index (χ2v) is 16.7. The van der Waals surface area contributed by atoms with Crippen LogP contribution in [0.2, 0.25) is 0 Å². The van der Waals surface area contributed by atoms with E-state index in [4.69, 9.17) is 14.8 Å². The van der Waals surface area contributed by atoms with E-state index in [0.29, 0.717) is 0 Å². The molecule has 0 bridgehead atoms. The van der Waals surface area contributed by atoms with Gasteiger partial charge < -0.3 is 4.74 Å². The van der Waals surface area contributed by atoms with Crippen LogP contribution in [-0.4, -0.2) is 19.3 Å². The molecule has 7 aromatic rings. The molecule has 0 aliphatic carbocycles. The van der Waals surface area contributed by atoms with E-state index in [2.05, 4.69) is 147 Å². The lowest BCUT2D eigenvalue weighted by Gasteiger charge is -2.33. The van der Waals surface area contributed by atoms with E-state index in [0.717, 1.165) is 50.6 Å². The van der Waals surface area contributed by atoms with Gasteiger partial charge in [-0.2, -0.15) is 5.10 Å². The topological polar surface area (TPSA) is 44.9 Å². The van der Waals surface area contributed by atoms with E-state index in [9.17, 15) is 0 Å². The Balaban J connectivity index is 1.27. The van der Waals surface area contributed by atoms with Crippen molar-refractivity contribution in [1.82, 2.24) is 19.3 Å². The third-order valence-corrected chi connectivity index (χ3v) is 9.58. The standard InChI is InChI=1S/C45H48N4O/c1-29-20-21-46-41(22-29)49-39-17-12-11-16-35(39)36-19-18-34(26-40(36)49)50-33-15-13-14-32(25-33)48-28-30(27-47-48)42-37(44(5,6)7)23-31(43(2,3)4)24-38(42)45(8,9)10/h11-28H,1-10H3. The summed E-state index contributed by atoms with van der Waals surface area (Å²) < 4.78 is 10.7. The Labute approximate surface area is 296 Å². The monoisotopic (exact) mass is 660 g/mol. The van der Waals surface area contributed by atoms with Gasteiger partial charge in [-0.1, -0.05) is 98.7 Å². The molecule has 5 nitrogen and oxygen atoms in total. The van der Waals surface area contributed by atoms with Crippen molar-refractivity contribution in [1.29, 1.82) is 0 Å². The van der Waals surface area contributed by atoms with Gasteiger partial charge >= 0.3 is 0 Å². The summed E-state index contributed by atoms with van der Waals surface area (Å²) in [6.07, 6.45) is 6.04. The quantitative estimate of drug-likeness (QED) is 0.185. The predicted octanol–water partition coefficient (Wildman–Crippen LogP) is 12.0. The van der Waals surface area contributed by atoms with Gasteiger partial charge in [0.1, 0.15) is 17.3 Å². The van der Waals surface area contributed by atoms with Crippen LogP contribution in [0.1, 0.15) is 84.6 Å². The van der Waals surface area contributed by atoms with Crippen LogP contribution < -0.4 is 4.74 Å². The van der Waals surface area contributed by atoms with E-state index < -0.39 is 0 Å². The number of fused-ring (bicyclic) bond motifs is 3. The van der Waals surface area contributed by atoms with Gasteiger partial charge in [-0.15, -0.1) is 0 Å². The van der Waals surface area contributed by atoms with Crippen LogP contribution in [0.5, 0.6) is 11.5 Å². The van der Waals surface area contributed by atoms with Crippen molar-refractivity contribution in [3.63, 3.8) is 0 Å². The molecule has 0 saturated heterocycles. The molecule has 3 heterocycles. The molecule has 0 aliphatic heterocycles. The molecular weight excluding hydrogens is 613 g/mol. The minimum Gasteiger partial charge on any atom is -0.457 e. The second-order valence-electron chi connectivity index (χ2n) is 16.7. The van der Waals surface area contributed by atoms with Gasteiger partial charge in [-0.3, -0.25) is 4.57 Å². The molecule has 7 rings (SSSR count). The lowest BCUT2D eigenvalue weighted by molar-refractivity contribution is 0.483. The summed E-state index contributed by atoms with van der Waals surface area (Å²) in [6.45, 7) is 22.9. The van der Waals surface area contributed by atoms with E-state index in [1.165, 1.54) is 27.6 Å². The fourth-order valence-corrected chi connectivity index (χ4v) is 6.89. The van der Waals surface area contributed by atoms with Crippen molar-refractivity contribution in [2.75, 3.05) is 0 Å². The van der Waals surface area contributed by atoms with Crippen molar-refractivity contribution >= 4 is 21.8 Å². The number of benzene rings is 4. The Kier molecular flexibility index (Phi) is 8.01. The smallest absolute Gasteiger partial charge is 0.137 e. The molecule has 5 heteroatoms. The average Bonchev–Trinajstić information content (AvgIpc) is 3.66. The van der Waals surface area contributed by atoms with Crippen LogP contribution >= 0.6 is 0 Å². The lowest BCUT2D eigenvalue weighted by atomic mass is 9.71. The zero-order valence-electron chi connectivity index (χ0n) is 31.1. The van der Waals surface area contributed by atoms with Crippen LogP contribution in [0.3, 0.4) is 0 Å². The van der Waals surface area contributed by atoms with Crippen LogP contribution in [0.4, 0.5) is 0 Å². The molecular formula is C45H48N4O. The molecule has 0 aliphatic rings. The third-order valence-electron chi connectivity index (χ3n) is 9.58. The van der Waals surface area contributed by atoms with Gasteiger partial charge in [-0.25, -0.2) is 9.67 Å². The summed E-state index contributed by atoms with van der Waals surface area (Å²) >= 11 is 0. The minimum atomic E-state index is -0.0470. The first-order valence-electron chi connectivity index (χ1n) is 17.6. The van der Waals surface area contributed by atoms with Gasteiger partial charge in [0, 0.05) is 40.9 Å². The van der Waals surface area contributed by atoms with Crippen LogP contribution in [0.25, 0.3) is 44.4 Å². The molecule has 0 N–H and O–H groups in total. The van der Waals surface area contributed by atoms with Crippen LogP contribution in [0.15, 0.2) is 110 Å².